The molecule has 0 aliphatic rings. The van der Waals surface area contributed by atoms with Crippen LogP contribution in [0.4, 0.5) is 0 Å². The average molecular weight is 329 g/mol. The molecule has 124 valence electrons. The molecule has 2 atom stereocenters. The predicted molar refractivity (Wildman–Crippen MR) is 98.9 cm³/mol. The molecule has 0 fully saturated rings. The Hall–Kier alpha value is -1.42. The monoisotopic (exact) mass is 328 g/mol. The Bertz CT molecular complexity index is 563. The van der Waals surface area contributed by atoms with Crippen molar-refractivity contribution in [3.8, 4) is 0 Å². The van der Waals surface area contributed by atoms with Gasteiger partial charge in [0.25, 0.3) is 0 Å². The van der Waals surface area contributed by atoms with Crippen molar-refractivity contribution in [2.45, 2.75) is 51.8 Å². The molecule has 2 nitrogen and oxygen atoms in total. The molecule has 3 heteroatoms. The zero-order valence-electron chi connectivity index (χ0n) is 14.7. The van der Waals surface area contributed by atoms with Gasteiger partial charge in [-0.3, -0.25) is 0 Å². The molecule has 0 amide bonds. The molecule has 2 aromatic rings. The minimum Gasteiger partial charge on any atom is -0.393 e. The van der Waals surface area contributed by atoms with Gasteiger partial charge >= 0.3 is 0 Å². The summed E-state index contributed by atoms with van der Waals surface area (Å²) >= 11 is 0. The van der Waals surface area contributed by atoms with Gasteiger partial charge in [-0.2, -0.15) is 0 Å². The number of ether oxygens (including phenoxy) is 1. The summed E-state index contributed by atoms with van der Waals surface area (Å²) in [5, 5.41) is 0. The van der Waals surface area contributed by atoms with Gasteiger partial charge in [0.15, 0.2) is 8.32 Å². The van der Waals surface area contributed by atoms with E-state index in [0.717, 1.165) is 12.8 Å². The van der Waals surface area contributed by atoms with Crippen molar-refractivity contribution in [3.63, 3.8) is 0 Å². The van der Waals surface area contributed by atoms with Crippen molar-refractivity contribution < 1.29 is 9.16 Å². The maximum atomic E-state index is 6.27. The zero-order valence-corrected chi connectivity index (χ0v) is 15.7. The first-order valence-corrected chi connectivity index (χ1v) is 11.8. The first-order valence-electron chi connectivity index (χ1n) is 8.36. The summed E-state index contributed by atoms with van der Waals surface area (Å²) in [6.07, 6.45) is 1.73. The van der Waals surface area contributed by atoms with Crippen LogP contribution in [-0.2, 0) is 15.6 Å². The molecule has 0 aliphatic carbocycles. The van der Waals surface area contributed by atoms with Crippen LogP contribution in [-0.4, -0.2) is 14.6 Å². The van der Waals surface area contributed by atoms with Gasteiger partial charge in [-0.05, 0) is 44.1 Å². The molecule has 0 bridgehead atoms. The van der Waals surface area contributed by atoms with Gasteiger partial charge in [-0.25, -0.2) is 0 Å². The molecule has 0 spiro atoms. The van der Waals surface area contributed by atoms with Gasteiger partial charge < -0.3 is 9.16 Å². The summed E-state index contributed by atoms with van der Waals surface area (Å²) in [6.45, 7) is 8.72. The van der Waals surface area contributed by atoms with Gasteiger partial charge in [0.2, 0.25) is 0 Å². The molecule has 0 N–H and O–H groups in total. The molecule has 0 saturated heterocycles. The number of hydrogen-bond donors (Lipinski definition) is 0. The smallest absolute Gasteiger partial charge is 0.187 e. The van der Waals surface area contributed by atoms with Crippen LogP contribution in [0.25, 0.3) is 0 Å². The van der Waals surface area contributed by atoms with Crippen LogP contribution in [0.3, 0.4) is 0 Å². The molecular weight excluding hydrogens is 300 g/mol. The first-order chi connectivity index (χ1) is 10.9. The van der Waals surface area contributed by atoms with Gasteiger partial charge in [-0.1, -0.05) is 60.7 Å². The van der Waals surface area contributed by atoms with Crippen molar-refractivity contribution >= 4 is 8.32 Å². The second-order valence-corrected chi connectivity index (χ2v) is 11.3. The predicted octanol–water partition coefficient (Wildman–Crippen LogP) is 5.57. The van der Waals surface area contributed by atoms with Gasteiger partial charge in [0.05, 0.1) is 6.10 Å². The summed E-state index contributed by atoms with van der Waals surface area (Å²) in [5.41, 5.74) is 2.52. The number of hydrogen-bond acceptors (Lipinski definition) is 2. The van der Waals surface area contributed by atoms with Crippen molar-refractivity contribution in [2.75, 3.05) is 0 Å². The summed E-state index contributed by atoms with van der Waals surface area (Å²) in [4.78, 5) is 0. The van der Waals surface area contributed by atoms with Crippen molar-refractivity contribution in [1.29, 1.82) is 0 Å². The van der Waals surface area contributed by atoms with E-state index < -0.39 is 8.32 Å². The molecule has 0 aromatic heterocycles. The van der Waals surface area contributed by atoms with E-state index in [9.17, 15) is 0 Å². The lowest BCUT2D eigenvalue weighted by molar-refractivity contribution is -0.123. The first kappa shape index (κ1) is 17.9. The SMILES string of the molecule is C[C@@H](OC(CCc1ccccc1)O[Si](C)(C)C)c1ccccc1. The van der Waals surface area contributed by atoms with E-state index in [1.165, 1.54) is 11.1 Å². The van der Waals surface area contributed by atoms with Gasteiger partial charge in [0, 0.05) is 6.42 Å². The van der Waals surface area contributed by atoms with Crippen molar-refractivity contribution in [2.24, 2.45) is 0 Å². The topological polar surface area (TPSA) is 18.5 Å². The lowest BCUT2D eigenvalue weighted by Crippen LogP contribution is -2.34. The van der Waals surface area contributed by atoms with E-state index in [2.05, 4.69) is 63.0 Å². The molecule has 23 heavy (non-hydrogen) atoms. The third-order valence-corrected chi connectivity index (χ3v) is 4.59. The fraction of sp³-hybridized carbons (Fsp3) is 0.400. The fourth-order valence-electron chi connectivity index (χ4n) is 2.51. The lowest BCUT2D eigenvalue weighted by Gasteiger charge is -2.29. The normalized spacial score (nSPS) is 14.4. The van der Waals surface area contributed by atoms with E-state index in [4.69, 9.17) is 9.16 Å². The molecule has 0 saturated carbocycles. The molecule has 0 aliphatic heterocycles. The van der Waals surface area contributed by atoms with Gasteiger partial charge in [0.1, 0.15) is 6.29 Å². The van der Waals surface area contributed by atoms with Crippen molar-refractivity contribution in [3.05, 3.63) is 71.8 Å². The Morgan fingerprint density at radius 1 is 0.870 bits per heavy atom. The van der Waals surface area contributed by atoms with Crippen LogP contribution in [0.15, 0.2) is 60.7 Å². The Kier molecular flexibility index (Phi) is 6.57. The van der Waals surface area contributed by atoms with E-state index in [1.54, 1.807) is 0 Å². The third-order valence-electron chi connectivity index (χ3n) is 3.62. The summed E-state index contributed by atoms with van der Waals surface area (Å²) < 4.78 is 12.5. The highest BCUT2D eigenvalue weighted by molar-refractivity contribution is 6.69. The molecule has 2 aromatic carbocycles. The number of aryl methyl sites for hydroxylation is 1. The lowest BCUT2D eigenvalue weighted by atomic mass is 10.1. The van der Waals surface area contributed by atoms with Crippen LogP contribution < -0.4 is 0 Å². The highest BCUT2D eigenvalue weighted by Gasteiger charge is 2.23. The molecule has 0 heterocycles. The average Bonchev–Trinajstić information content (AvgIpc) is 2.53. The third kappa shape index (κ3) is 6.69. The Labute approximate surface area is 141 Å². The minimum atomic E-state index is -1.65. The highest BCUT2D eigenvalue weighted by atomic mass is 28.4. The van der Waals surface area contributed by atoms with Crippen LogP contribution >= 0.6 is 0 Å². The Balaban J connectivity index is 1.99. The Morgan fingerprint density at radius 3 is 2.00 bits per heavy atom. The molecule has 0 radical (unpaired) electrons. The van der Waals surface area contributed by atoms with Crippen molar-refractivity contribution in [1.82, 2.24) is 0 Å². The number of benzene rings is 2. The zero-order chi connectivity index (χ0) is 16.7. The standard InChI is InChI=1S/C20H28O2Si/c1-17(19-13-9-6-10-14-19)21-20(22-23(2,3)4)16-15-18-11-7-5-8-12-18/h5-14,17,20H,15-16H2,1-4H3/t17-,20?/m1/s1. The molecule has 1 unspecified atom stereocenters. The van der Waals surface area contributed by atoms with E-state index in [-0.39, 0.29) is 12.4 Å². The van der Waals surface area contributed by atoms with E-state index >= 15 is 0 Å². The highest BCUT2D eigenvalue weighted by Crippen LogP contribution is 2.23. The largest absolute Gasteiger partial charge is 0.393 e. The van der Waals surface area contributed by atoms with E-state index in [0.29, 0.717) is 0 Å². The fourth-order valence-corrected chi connectivity index (χ4v) is 3.47. The second kappa shape index (κ2) is 8.43. The van der Waals surface area contributed by atoms with Crippen LogP contribution in [0.1, 0.15) is 30.6 Å². The Morgan fingerprint density at radius 2 is 1.43 bits per heavy atom. The van der Waals surface area contributed by atoms with Gasteiger partial charge in [-0.15, -0.1) is 0 Å². The molecule has 2 rings (SSSR count). The summed E-state index contributed by atoms with van der Waals surface area (Å²) in [5.74, 6) is 0. The number of rotatable bonds is 8. The van der Waals surface area contributed by atoms with Crippen LogP contribution in [0, 0.1) is 0 Å². The maximum Gasteiger partial charge on any atom is 0.187 e. The van der Waals surface area contributed by atoms with Crippen LogP contribution in [0.2, 0.25) is 19.6 Å². The quantitative estimate of drug-likeness (QED) is 0.465. The summed E-state index contributed by atoms with van der Waals surface area (Å²) in [6, 6.07) is 20.9. The summed E-state index contributed by atoms with van der Waals surface area (Å²) in [7, 11) is -1.65. The van der Waals surface area contributed by atoms with E-state index in [1.807, 2.05) is 24.3 Å². The minimum absolute atomic E-state index is 0.0355. The van der Waals surface area contributed by atoms with Crippen LogP contribution in [0.5, 0.6) is 0 Å². The molecular formula is C20H28O2Si. The second-order valence-electron chi connectivity index (χ2n) is 6.87. The maximum absolute atomic E-state index is 6.27.